The number of aromatic hydroxyl groups is 1. The molecule has 0 heterocycles. The van der Waals surface area contributed by atoms with E-state index >= 15 is 0 Å². The lowest BCUT2D eigenvalue weighted by atomic mass is 10.1. The number of phenols is 1. The minimum absolute atomic E-state index is 0.296. The zero-order valence-electron chi connectivity index (χ0n) is 12.8. The molecule has 0 atom stereocenters. The van der Waals surface area contributed by atoms with Crippen LogP contribution in [-0.4, -0.2) is 31.3 Å². The van der Waals surface area contributed by atoms with Crippen molar-refractivity contribution in [2.45, 2.75) is 0 Å². The first-order chi connectivity index (χ1) is 11.3. The van der Waals surface area contributed by atoms with E-state index in [2.05, 4.69) is 10.1 Å². The maximum Gasteiger partial charge on any atom is 0.413 e. The number of ether oxygens (including phenoxy) is 1. The van der Waals surface area contributed by atoms with Gasteiger partial charge >= 0.3 is 6.09 Å². The summed E-state index contributed by atoms with van der Waals surface area (Å²) in [6.45, 7) is 0. The van der Waals surface area contributed by atoms with Gasteiger partial charge in [-0.1, -0.05) is 0 Å². The van der Waals surface area contributed by atoms with Crippen LogP contribution in [0.15, 0.2) is 36.4 Å². The highest BCUT2D eigenvalue weighted by Crippen LogP contribution is 2.24. The first kappa shape index (κ1) is 17.2. The standard InChI is InChI=1S/C16H14F2N2O4/c1-20(16(23)24-2)11-5-3-10(4-6-11)19-15(22)14-12(18)7-9(17)8-13(14)21/h3-8,21H,1-2H3,(H,19,22). The van der Waals surface area contributed by atoms with Crippen LogP contribution in [0.3, 0.4) is 0 Å². The van der Waals surface area contributed by atoms with Gasteiger partial charge in [-0.25, -0.2) is 13.6 Å². The largest absolute Gasteiger partial charge is 0.507 e. The quantitative estimate of drug-likeness (QED) is 0.903. The number of rotatable bonds is 3. The highest BCUT2D eigenvalue weighted by atomic mass is 19.1. The molecule has 0 aliphatic heterocycles. The van der Waals surface area contributed by atoms with Crippen LogP contribution in [0.4, 0.5) is 25.0 Å². The van der Waals surface area contributed by atoms with Crippen molar-refractivity contribution in [3.8, 4) is 5.75 Å². The number of amides is 2. The third kappa shape index (κ3) is 3.60. The lowest BCUT2D eigenvalue weighted by molar-refractivity contribution is 0.102. The fourth-order valence-electron chi connectivity index (χ4n) is 1.99. The summed E-state index contributed by atoms with van der Waals surface area (Å²) in [5, 5.41) is 11.9. The molecule has 2 aromatic carbocycles. The molecule has 2 N–H and O–H groups in total. The molecule has 2 rings (SSSR count). The lowest BCUT2D eigenvalue weighted by Gasteiger charge is -2.16. The second-order valence-electron chi connectivity index (χ2n) is 4.81. The maximum absolute atomic E-state index is 13.6. The molecule has 0 radical (unpaired) electrons. The number of phenolic OH excluding ortho intramolecular Hbond substituents is 1. The molecular formula is C16H14F2N2O4. The molecule has 0 saturated heterocycles. The van der Waals surface area contributed by atoms with Crippen LogP contribution < -0.4 is 10.2 Å². The number of carbonyl (C=O) groups excluding carboxylic acids is 2. The predicted octanol–water partition coefficient (Wildman–Crippen LogP) is 3.13. The minimum Gasteiger partial charge on any atom is -0.507 e. The predicted molar refractivity (Wildman–Crippen MR) is 83.2 cm³/mol. The molecule has 8 heteroatoms. The Morgan fingerprint density at radius 1 is 1.17 bits per heavy atom. The molecule has 2 aromatic rings. The minimum atomic E-state index is -1.17. The smallest absolute Gasteiger partial charge is 0.413 e. The van der Waals surface area contributed by atoms with Crippen LogP contribution in [-0.2, 0) is 4.74 Å². The molecule has 0 aliphatic rings. The van der Waals surface area contributed by atoms with Crippen LogP contribution in [0.2, 0.25) is 0 Å². The number of methoxy groups -OCH3 is 1. The average molecular weight is 336 g/mol. The summed E-state index contributed by atoms with van der Waals surface area (Å²) in [4.78, 5) is 24.7. The molecule has 0 saturated carbocycles. The third-order valence-electron chi connectivity index (χ3n) is 3.22. The van der Waals surface area contributed by atoms with Crippen molar-refractivity contribution < 1.29 is 28.2 Å². The fourth-order valence-corrected chi connectivity index (χ4v) is 1.99. The first-order valence-electron chi connectivity index (χ1n) is 6.74. The van der Waals surface area contributed by atoms with Gasteiger partial charge in [0.2, 0.25) is 0 Å². The Kier molecular flexibility index (Phi) is 4.98. The fraction of sp³-hybridized carbons (Fsp3) is 0.125. The number of carbonyl (C=O) groups is 2. The highest BCUT2D eigenvalue weighted by molar-refractivity contribution is 6.06. The summed E-state index contributed by atoms with van der Waals surface area (Å²) >= 11 is 0. The molecule has 0 unspecified atom stereocenters. The van der Waals surface area contributed by atoms with E-state index in [1.165, 1.54) is 43.3 Å². The molecular weight excluding hydrogens is 322 g/mol. The molecule has 0 bridgehead atoms. The van der Waals surface area contributed by atoms with Gasteiger partial charge in [0.15, 0.2) is 0 Å². The Balaban J connectivity index is 2.17. The number of benzene rings is 2. The number of halogens is 2. The van der Waals surface area contributed by atoms with Crippen molar-refractivity contribution in [2.75, 3.05) is 24.4 Å². The number of nitrogens with one attached hydrogen (secondary N) is 1. The van der Waals surface area contributed by atoms with Gasteiger partial charge in [0, 0.05) is 30.6 Å². The van der Waals surface area contributed by atoms with Crippen molar-refractivity contribution in [3.63, 3.8) is 0 Å². The monoisotopic (exact) mass is 336 g/mol. The van der Waals surface area contributed by atoms with E-state index in [9.17, 15) is 23.5 Å². The Hall–Kier alpha value is -3.16. The summed E-state index contributed by atoms with van der Waals surface area (Å²) < 4.78 is 31.2. The first-order valence-corrected chi connectivity index (χ1v) is 6.74. The number of hydrogen-bond acceptors (Lipinski definition) is 4. The van der Waals surface area contributed by atoms with E-state index in [0.717, 1.165) is 0 Å². The van der Waals surface area contributed by atoms with E-state index in [-0.39, 0.29) is 0 Å². The molecule has 0 aliphatic carbocycles. The molecule has 0 fully saturated rings. The summed E-state index contributed by atoms with van der Waals surface area (Å²) in [6.07, 6.45) is -0.565. The third-order valence-corrected chi connectivity index (χ3v) is 3.22. The number of anilines is 2. The molecule has 0 aromatic heterocycles. The summed E-state index contributed by atoms with van der Waals surface area (Å²) in [5.74, 6) is -3.89. The van der Waals surface area contributed by atoms with E-state index in [1.807, 2.05) is 0 Å². The lowest BCUT2D eigenvalue weighted by Crippen LogP contribution is -2.25. The van der Waals surface area contributed by atoms with Gasteiger partial charge in [0.25, 0.3) is 5.91 Å². The van der Waals surface area contributed by atoms with Crippen LogP contribution in [0.25, 0.3) is 0 Å². The molecule has 24 heavy (non-hydrogen) atoms. The average Bonchev–Trinajstić information content (AvgIpc) is 2.53. The van der Waals surface area contributed by atoms with Gasteiger partial charge in [0.1, 0.15) is 22.9 Å². The van der Waals surface area contributed by atoms with Gasteiger partial charge in [-0.2, -0.15) is 0 Å². The van der Waals surface area contributed by atoms with Crippen molar-refractivity contribution in [2.24, 2.45) is 0 Å². The normalized spacial score (nSPS) is 10.2. The van der Waals surface area contributed by atoms with Crippen LogP contribution in [0, 0.1) is 11.6 Å². The topological polar surface area (TPSA) is 78.9 Å². The number of hydrogen-bond donors (Lipinski definition) is 2. The van der Waals surface area contributed by atoms with Gasteiger partial charge in [-0.15, -0.1) is 0 Å². The maximum atomic E-state index is 13.6. The van der Waals surface area contributed by atoms with Gasteiger partial charge in [0.05, 0.1) is 7.11 Å². The second-order valence-corrected chi connectivity index (χ2v) is 4.81. The Labute approximate surface area is 136 Å². The second kappa shape index (κ2) is 6.95. The van der Waals surface area contributed by atoms with Crippen molar-refractivity contribution >= 4 is 23.4 Å². The van der Waals surface area contributed by atoms with E-state index in [1.54, 1.807) is 0 Å². The van der Waals surface area contributed by atoms with Crippen molar-refractivity contribution in [1.82, 2.24) is 0 Å². The van der Waals surface area contributed by atoms with Crippen molar-refractivity contribution in [3.05, 3.63) is 53.6 Å². The van der Waals surface area contributed by atoms with Gasteiger partial charge < -0.3 is 15.2 Å². The molecule has 6 nitrogen and oxygen atoms in total. The van der Waals surface area contributed by atoms with Crippen LogP contribution in [0.5, 0.6) is 5.75 Å². The van der Waals surface area contributed by atoms with Crippen molar-refractivity contribution in [1.29, 1.82) is 0 Å². The number of nitrogens with zero attached hydrogens (tertiary/aromatic N) is 1. The highest BCUT2D eigenvalue weighted by Gasteiger charge is 2.19. The summed E-state index contributed by atoms with van der Waals surface area (Å²) in [5.41, 5.74) is 0.146. The van der Waals surface area contributed by atoms with Gasteiger partial charge in [-0.05, 0) is 24.3 Å². The molecule has 0 spiro atoms. The molecule has 2 amide bonds. The van der Waals surface area contributed by atoms with E-state index < -0.39 is 34.9 Å². The van der Waals surface area contributed by atoms with E-state index in [0.29, 0.717) is 23.5 Å². The summed E-state index contributed by atoms with van der Waals surface area (Å²) in [7, 11) is 2.75. The van der Waals surface area contributed by atoms with E-state index in [4.69, 9.17) is 0 Å². The van der Waals surface area contributed by atoms with Gasteiger partial charge in [-0.3, -0.25) is 9.69 Å². The SMILES string of the molecule is COC(=O)N(C)c1ccc(NC(=O)c2c(O)cc(F)cc2F)cc1. The zero-order chi connectivity index (χ0) is 17.9. The zero-order valence-corrected chi connectivity index (χ0v) is 12.8. The van der Waals surface area contributed by atoms with Crippen LogP contribution in [0.1, 0.15) is 10.4 Å². The Morgan fingerprint density at radius 3 is 2.33 bits per heavy atom. The van der Waals surface area contributed by atoms with Crippen LogP contribution >= 0.6 is 0 Å². The Bertz CT molecular complexity index is 755. The summed E-state index contributed by atoms with van der Waals surface area (Å²) in [6, 6.07) is 7.17. The Morgan fingerprint density at radius 2 is 1.79 bits per heavy atom. The molecule has 126 valence electrons.